The van der Waals surface area contributed by atoms with Crippen molar-refractivity contribution in [3.8, 4) is 0 Å². The highest BCUT2D eigenvalue weighted by molar-refractivity contribution is 5.69. The second-order valence-electron chi connectivity index (χ2n) is 3.37. The molecule has 0 radical (unpaired) electrons. The zero-order valence-electron chi connectivity index (χ0n) is 8.82. The van der Waals surface area contributed by atoms with Crippen molar-refractivity contribution in [2.45, 2.75) is 32.5 Å². The van der Waals surface area contributed by atoms with E-state index in [1.165, 1.54) is 0 Å². The van der Waals surface area contributed by atoms with Gasteiger partial charge in [0.15, 0.2) is 6.29 Å². The van der Waals surface area contributed by atoms with E-state index in [2.05, 4.69) is 0 Å². The van der Waals surface area contributed by atoms with E-state index >= 15 is 0 Å². The molecule has 0 bridgehead atoms. The number of esters is 1. The number of hydrogen-bond donors (Lipinski definition) is 0. The number of ether oxygens (including phenoxy) is 3. The Balaban J connectivity index is 2.20. The van der Waals surface area contributed by atoms with Gasteiger partial charge in [-0.2, -0.15) is 0 Å². The van der Waals surface area contributed by atoms with Crippen LogP contribution in [0.5, 0.6) is 0 Å². The molecule has 1 heterocycles. The summed E-state index contributed by atoms with van der Waals surface area (Å²) in [5.41, 5.74) is 0. The third-order valence-corrected chi connectivity index (χ3v) is 2.41. The quantitative estimate of drug-likeness (QED) is 0.631. The van der Waals surface area contributed by atoms with Crippen molar-refractivity contribution in [2.75, 3.05) is 20.3 Å². The molecule has 0 aromatic rings. The van der Waals surface area contributed by atoms with Gasteiger partial charge in [-0.25, -0.2) is 0 Å². The molecule has 0 unspecified atom stereocenters. The van der Waals surface area contributed by atoms with E-state index in [-0.39, 0.29) is 12.3 Å². The van der Waals surface area contributed by atoms with Crippen LogP contribution in [0.1, 0.15) is 26.2 Å². The Morgan fingerprint density at radius 2 is 2.36 bits per heavy atom. The lowest BCUT2D eigenvalue weighted by molar-refractivity contribution is -0.144. The molecule has 1 aliphatic heterocycles. The van der Waals surface area contributed by atoms with E-state index in [0.29, 0.717) is 18.9 Å². The minimum atomic E-state index is -0.135. The molecule has 1 saturated heterocycles. The molecule has 4 nitrogen and oxygen atoms in total. The van der Waals surface area contributed by atoms with Gasteiger partial charge < -0.3 is 14.2 Å². The maximum Gasteiger partial charge on any atom is 0.305 e. The zero-order chi connectivity index (χ0) is 10.4. The average molecular weight is 202 g/mol. The standard InChI is InChI=1S/C10H18O4/c1-3-13-9(11)5-4-8-6-7-14-10(8)12-2/h8,10H,3-7H2,1-2H3/t8-,10-/m1/s1. The molecule has 0 aromatic heterocycles. The Kier molecular flexibility index (Phi) is 4.90. The van der Waals surface area contributed by atoms with Crippen molar-refractivity contribution < 1.29 is 19.0 Å². The number of carbonyl (C=O) groups excluding carboxylic acids is 1. The Hall–Kier alpha value is -0.610. The fraction of sp³-hybridized carbons (Fsp3) is 0.900. The van der Waals surface area contributed by atoms with Crippen LogP contribution >= 0.6 is 0 Å². The van der Waals surface area contributed by atoms with Gasteiger partial charge in [0.2, 0.25) is 0 Å². The molecular formula is C10H18O4. The fourth-order valence-electron chi connectivity index (χ4n) is 1.69. The van der Waals surface area contributed by atoms with Crippen LogP contribution in [-0.4, -0.2) is 32.6 Å². The molecule has 1 aliphatic rings. The molecule has 1 fully saturated rings. The highest BCUT2D eigenvalue weighted by atomic mass is 16.7. The molecular weight excluding hydrogens is 184 g/mol. The third-order valence-electron chi connectivity index (χ3n) is 2.41. The Labute approximate surface area is 84.5 Å². The van der Waals surface area contributed by atoms with Crippen molar-refractivity contribution in [2.24, 2.45) is 5.92 Å². The van der Waals surface area contributed by atoms with E-state index in [1.54, 1.807) is 7.11 Å². The summed E-state index contributed by atoms with van der Waals surface area (Å²) in [5.74, 6) is 0.207. The molecule has 0 aliphatic carbocycles. The van der Waals surface area contributed by atoms with Crippen molar-refractivity contribution >= 4 is 5.97 Å². The summed E-state index contributed by atoms with van der Waals surface area (Å²) in [7, 11) is 1.63. The summed E-state index contributed by atoms with van der Waals surface area (Å²) in [4.78, 5) is 11.1. The third kappa shape index (κ3) is 3.27. The van der Waals surface area contributed by atoms with Crippen LogP contribution < -0.4 is 0 Å². The molecule has 0 saturated carbocycles. The summed E-state index contributed by atoms with van der Waals surface area (Å²) < 4.78 is 15.3. The second-order valence-corrected chi connectivity index (χ2v) is 3.37. The predicted molar refractivity (Wildman–Crippen MR) is 50.7 cm³/mol. The molecule has 0 aromatic carbocycles. The van der Waals surface area contributed by atoms with E-state index in [0.717, 1.165) is 19.4 Å². The molecule has 4 heteroatoms. The molecule has 82 valence electrons. The normalized spacial score (nSPS) is 26.4. The lowest BCUT2D eigenvalue weighted by Gasteiger charge is -2.15. The molecule has 1 rings (SSSR count). The summed E-state index contributed by atoms with van der Waals surface area (Å²) in [6.45, 7) is 2.99. The first-order chi connectivity index (χ1) is 6.77. The number of hydrogen-bond acceptors (Lipinski definition) is 4. The number of carbonyl (C=O) groups is 1. The van der Waals surface area contributed by atoms with Gasteiger partial charge in [0.05, 0.1) is 13.2 Å². The van der Waals surface area contributed by atoms with Crippen LogP contribution in [-0.2, 0) is 19.0 Å². The first-order valence-electron chi connectivity index (χ1n) is 5.08. The summed E-state index contributed by atoms with van der Waals surface area (Å²) in [6.07, 6.45) is 2.08. The Morgan fingerprint density at radius 1 is 1.57 bits per heavy atom. The van der Waals surface area contributed by atoms with Crippen molar-refractivity contribution in [3.63, 3.8) is 0 Å². The molecule has 14 heavy (non-hydrogen) atoms. The minimum Gasteiger partial charge on any atom is -0.466 e. The summed E-state index contributed by atoms with van der Waals surface area (Å²) >= 11 is 0. The van der Waals surface area contributed by atoms with Crippen LogP contribution in [0.3, 0.4) is 0 Å². The maximum atomic E-state index is 11.1. The van der Waals surface area contributed by atoms with Gasteiger partial charge in [0, 0.05) is 19.4 Å². The SMILES string of the molecule is CCOC(=O)CC[C@@H]1CCO[C@H]1OC. The highest BCUT2D eigenvalue weighted by Crippen LogP contribution is 2.25. The summed E-state index contributed by atoms with van der Waals surface area (Å²) in [6, 6.07) is 0. The first kappa shape index (κ1) is 11.5. The average Bonchev–Trinajstić information content (AvgIpc) is 2.62. The number of methoxy groups -OCH3 is 1. The Morgan fingerprint density at radius 3 is 3.00 bits per heavy atom. The van der Waals surface area contributed by atoms with Crippen LogP contribution in [0.2, 0.25) is 0 Å². The van der Waals surface area contributed by atoms with Gasteiger partial charge in [-0.15, -0.1) is 0 Å². The van der Waals surface area contributed by atoms with Gasteiger partial charge in [0.25, 0.3) is 0 Å². The van der Waals surface area contributed by atoms with E-state index < -0.39 is 0 Å². The molecule has 0 N–H and O–H groups in total. The van der Waals surface area contributed by atoms with Gasteiger partial charge in [0.1, 0.15) is 0 Å². The zero-order valence-corrected chi connectivity index (χ0v) is 8.82. The topological polar surface area (TPSA) is 44.8 Å². The fourth-order valence-corrected chi connectivity index (χ4v) is 1.69. The summed E-state index contributed by atoms with van der Waals surface area (Å²) in [5, 5.41) is 0. The second kappa shape index (κ2) is 5.98. The van der Waals surface area contributed by atoms with Crippen LogP contribution in [0, 0.1) is 5.92 Å². The van der Waals surface area contributed by atoms with E-state index in [9.17, 15) is 4.79 Å². The van der Waals surface area contributed by atoms with Gasteiger partial charge in [-0.3, -0.25) is 4.79 Å². The lowest BCUT2D eigenvalue weighted by atomic mass is 10.0. The lowest BCUT2D eigenvalue weighted by Crippen LogP contribution is -2.19. The van der Waals surface area contributed by atoms with Crippen LogP contribution in [0.4, 0.5) is 0 Å². The monoisotopic (exact) mass is 202 g/mol. The smallest absolute Gasteiger partial charge is 0.305 e. The van der Waals surface area contributed by atoms with Gasteiger partial charge >= 0.3 is 5.97 Å². The van der Waals surface area contributed by atoms with Crippen molar-refractivity contribution in [3.05, 3.63) is 0 Å². The van der Waals surface area contributed by atoms with Gasteiger partial charge in [-0.05, 0) is 19.8 Å². The maximum absolute atomic E-state index is 11.1. The van der Waals surface area contributed by atoms with Crippen LogP contribution in [0.15, 0.2) is 0 Å². The van der Waals surface area contributed by atoms with E-state index in [4.69, 9.17) is 14.2 Å². The van der Waals surface area contributed by atoms with Crippen molar-refractivity contribution in [1.82, 2.24) is 0 Å². The number of rotatable bonds is 5. The van der Waals surface area contributed by atoms with E-state index in [1.807, 2.05) is 6.92 Å². The first-order valence-corrected chi connectivity index (χ1v) is 5.08. The largest absolute Gasteiger partial charge is 0.466 e. The van der Waals surface area contributed by atoms with Crippen LogP contribution in [0.25, 0.3) is 0 Å². The molecule has 0 amide bonds. The Bertz CT molecular complexity index is 181. The minimum absolute atomic E-state index is 0.130. The molecule has 2 atom stereocenters. The van der Waals surface area contributed by atoms with Gasteiger partial charge in [-0.1, -0.05) is 0 Å². The molecule has 0 spiro atoms. The van der Waals surface area contributed by atoms with Crippen molar-refractivity contribution in [1.29, 1.82) is 0 Å². The predicted octanol–water partition coefficient (Wildman–Crippen LogP) is 1.34. The highest BCUT2D eigenvalue weighted by Gasteiger charge is 2.28.